The predicted molar refractivity (Wildman–Crippen MR) is 297 cm³/mol. The summed E-state index contributed by atoms with van der Waals surface area (Å²) in [5.41, 5.74) is 9.44. The number of amides is 2. The van der Waals surface area contributed by atoms with Crippen molar-refractivity contribution in [1.82, 2.24) is 29.7 Å². The predicted octanol–water partition coefficient (Wildman–Crippen LogP) is 9.17. The van der Waals surface area contributed by atoms with Crippen LogP contribution in [0.5, 0.6) is 0 Å². The molecule has 16 heteroatoms. The number of nitrogens with zero attached hydrogens (tertiary/aromatic N) is 7. The van der Waals surface area contributed by atoms with Gasteiger partial charge in [-0.25, -0.2) is 4.98 Å². The van der Waals surface area contributed by atoms with Crippen LogP contribution in [0.15, 0.2) is 81.1 Å². The highest BCUT2D eigenvalue weighted by atomic mass is 35.5. The first-order valence-corrected chi connectivity index (χ1v) is 29.1. The number of carbonyl (C=O) groups excluding carboxylic acids is 2. The highest BCUT2D eigenvalue weighted by Gasteiger charge is 2.47. The van der Waals surface area contributed by atoms with Crippen LogP contribution in [0.4, 0.5) is 0 Å². The summed E-state index contributed by atoms with van der Waals surface area (Å²) in [6, 6.07) is 18.3. The molecule has 5 heterocycles. The zero-order valence-corrected chi connectivity index (χ0v) is 44.8. The van der Waals surface area contributed by atoms with E-state index in [9.17, 15) is 24.6 Å². The molecule has 4 atom stereocenters. The van der Waals surface area contributed by atoms with Gasteiger partial charge >= 0.3 is 0 Å². The number of benzene rings is 3. The Hall–Kier alpha value is -5.32. The third kappa shape index (κ3) is 10.2. The molecule has 0 bridgehead atoms. The Morgan fingerprint density at radius 2 is 1.71 bits per heavy atom. The van der Waals surface area contributed by atoms with Crippen molar-refractivity contribution < 1.29 is 19.8 Å². The number of aryl methyl sites for hydroxylation is 1. The molecule has 11 rings (SSSR count). The van der Waals surface area contributed by atoms with Crippen molar-refractivity contribution in [2.24, 2.45) is 33.7 Å². The third-order valence-electron chi connectivity index (χ3n) is 18.2. The van der Waals surface area contributed by atoms with E-state index < -0.39 is 30.1 Å². The van der Waals surface area contributed by atoms with E-state index >= 15 is 0 Å². The molecule has 3 aliphatic heterocycles. The largest absolute Gasteiger partial charge is 0.394 e. The van der Waals surface area contributed by atoms with Crippen LogP contribution >= 0.6 is 22.9 Å². The SMILES string of the molecule is Cc1ncsc1-c1ccc([C@H](CO)NC(=O)[C@@H]2C[C@@H](O)CN2C(=O)[C@@H](N=C/C(=N\N)C2CCC(CN3CCC(c4ccc5c(c4)-n4c(nc(=O)c6c(Cl)cccc64)C54CCCCC4)CC3)CC2)C2CCCCC2)cc1. The quantitative estimate of drug-likeness (QED) is 0.0506. The number of likely N-dealkylation sites (tertiary alicyclic amines) is 2. The summed E-state index contributed by atoms with van der Waals surface area (Å²) in [5.74, 6) is 7.53. The van der Waals surface area contributed by atoms with E-state index in [1.165, 1.54) is 28.1 Å². The molecule has 5 aromatic rings. The van der Waals surface area contributed by atoms with Crippen LogP contribution in [-0.2, 0) is 15.0 Å². The average Bonchev–Trinajstić information content (AvgIpc) is 4.13. The number of carbonyl (C=O) groups is 2. The molecule has 14 nitrogen and oxygen atoms in total. The van der Waals surface area contributed by atoms with Crippen molar-refractivity contribution >= 4 is 57.6 Å². The van der Waals surface area contributed by atoms with E-state index in [1.54, 1.807) is 23.6 Å². The second kappa shape index (κ2) is 22.3. The maximum Gasteiger partial charge on any atom is 0.282 e. The number of aliphatic imine (C=N–C) groups is 1. The van der Waals surface area contributed by atoms with Gasteiger partial charge in [0.05, 0.1) is 67.6 Å². The van der Waals surface area contributed by atoms with Gasteiger partial charge in [0.25, 0.3) is 5.56 Å². The number of halogens is 1. The topological polar surface area (TPSA) is 192 Å². The molecule has 3 saturated carbocycles. The Balaban J connectivity index is 0.709. The lowest BCUT2D eigenvalue weighted by molar-refractivity contribution is -0.141. The lowest BCUT2D eigenvalue weighted by Crippen LogP contribution is -2.51. The summed E-state index contributed by atoms with van der Waals surface area (Å²) < 4.78 is 2.26. The van der Waals surface area contributed by atoms with Crippen molar-refractivity contribution in [2.45, 2.75) is 152 Å². The van der Waals surface area contributed by atoms with E-state index in [1.807, 2.05) is 48.8 Å². The zero-order valence-electron chi connectivity index (χ0n) is 43.2. The van der Waals surface area contributed by atoms with Crippen molar-refractivity contribution in [2.75, 3.05) is 32.8 Å². The van der Waals surface area contributed by atoms with Gasteiger partial charge in [-0.05, 0) is 142 Å². The van der Waals surface area contributed by atoms with Crippen LogP contribution in [0.3, 0.4) is 0 Å². The summed E-state index contributed by atoms with van der Waals surface area (Å²) in [7, 11) is 0. The van der Waals surface area contributed by atoms with Crippen LogP contribution in [0.1, 0.15) is 149 Å². The number of hydrazone groups is 1. The smallest absolute Gasteiger partial charge is 0.282 e. The monoisotopic (exact) mass is 1050 g/mol. The van der Waals surface area contributed by atoms with Crippen LogP contribution < -0.4 is 16.7 Å². The molecule has 5 N–H and O–H groups in total. The van der Waals surface area contributed by atoms with E-state index in [0.29, 0.717) is 28.0 Å². The Morgan fingerprint density at radius 3 is 2.41 bits per heavy atom. The highest BCUT2D eigenvalue weighted by molar-refractivity contribution is 7.13. The van der Waals surface area contributed by atoms with Crippen LogP contribution in [0.2, 0.25) is 5.02 Å². The number of piperidine rings is 1. The number of aliphatic hydroxyl groups is 2. The summed E-state index contributed by atoms with van der Waals surface area (Å²) >= 11 is 8.22. The van der Waals surface area contributed by atoms with Crippen molar-refractivity contribution in [3.05, 3.63) is 110 Å². The van der Waals surface area contributed by atoms with Crippen molar-refractivity contribution in [1.29, 1.82) is 0 Å². The number of aromatic nitrogens is 3. The number of thiazole rings is 1. The van der Waals surface area contributed by atoms with Gasteiger partial charge in [-0.3, -0.25) is 23.9 Å². The zero-order chi connectivity index (χ0) is 51.8. The van der Waals surface area contributed by atoms with Crippen molar-refractivity contribution in [3.63, 3.8) is 0 Å². The first-order chi connectivity index (χ1) is 36.5. The lowest BCUT2D eigenvalue weighted by Gasteiger charge is -2.37. The van der Waals surface area contributed by atoms with Gasteiger partial charge in [0.15, 0.2) is 0 Å². The van der Waals surface area contributed by atoms with Gasteiger partial charge < -0.3 is 31.2 Å². The number of nitrogens with one attached hydrogen (secondary N) is 1. The second-order valence-corrected chi connectivity index (χ2v) is 23.9. The summed E-state index contributed by atoms with van der Waals surface area (Å²) in [6.07, 6.45) is 17.5. The molecule has 2 saturated heterocycles. The molecular formula is C59H72ClN9O5S. The number of aliphatic hydroxyl groups excluding tert-OH is 2. The minimum atomic E-state index is -0.898. The number of hydrogen-bond acceptors (Lipinski definition) is 12. The van der Waals surface area contributed by atoms with Gasteiger partial charge in [-0.2, -0.15) is 10.1 Å². The van der Waals surface area contributed by atoms with Crippen molar-refractivity contribution in [3.8, 4) is 16.1 Å². The molecule has 0 radical (unpaired) electrons. The number of nitrogens with two attached hydrogens (primary N) is 1. The molecular weight excluding hydrogens is 982 g/mol. The van der Waals surface area contributed by atoms with E-state index in [0.717, 1.165) is 149 Å². The molecule has 3 aromatic carbocycles. The minimum Gasteiger partial charge on any atom is -0.394 e. The molecule has 396 valence electrons. The second-order valence-electron chi connectivity index (χ2n) is 22.6. The first kappa shape index (κ1) is 51.8. The highest BCUT2D eigenvalue weighted by Crippen LogP contribution is 2.52. The molecule has 75 heavy (non-hydrogen) atoms. The normalized spacial score (nSPS) is 24.4. The molecule has 2 amide bonds. The Morgan fingerprint density at radius 1 is 0.960 bits per heavy atom. The van der Waals surface area contributed by atoms with E-state index in [2.05, 4.69) is 43.1 Å². The standard InChI is InChI=1S/C59H72ClN9O5S/c1-36-54(75-35-63-36)42-19-17-40(18-20-42)48(34-70)64-55(72)51-30-44(71)33-68(51)57(74)53(41-9-4-2-5-10-41)62-31-47(66-61)39-15-13-37(14-16-39)32-67-27-23-38(24-28-67)43-21-22-45-50(29-43)69-49-12-8-11-46(60)52(49)56(73)65-58(69)59(45)25-6-3-7-26-59/h8,11-12,17-22,29,31,35,37-39,41,44,48,51,53,70-71H,2-7,9-10,13-16,23-28,30,32-34,61H2,1H3,(H,64,72)/b62-31?,66-47+/t37?,39?,44-,48+,51+,53+/m1/s1. The summed E-state index contributed by atoms with van der Waals surface area (Å²) in [6.45, 7) is 4.86. The summed E-state index contributed by atoms with van der Waals surface area (Å²) in [5, 5.41) is 29.6. The van der Waals surface area contributed by atoms with Gasteiger partial charge in [0, 0.05) is 31.6 Å². The minimum absolute atomic E-state index is 0.00568. The average molecular weight is 1050 g/mol. The van der Waals surface area contributed by atoms with Gasteiger partial charge in [0.1, 0.15) is 17.9 Å². The fraction of sp³-hybridized carbons (Fsp3) is 0.542. The van der Waals surface area contributed by atoms with Crippen LogP contribution in [0.25, 0.3) is 27.0 Å². The van der Waals surface area contributed by atoms with Crippen LogP contribution in [-0.4, -0.2) is 109 Å². The molecule has 1 spiro atoms. The number of hydrogen-bond donors (Lipinski definition) is 4. The molecule has 2 aromatic heterocycles. The fourth-order valence-electron chi connectivity index (χ4n) is 14.1. The fourth-order valence-corrected chi connectivity index (χ4v) is 15.1. The Kier molecular flexibility index (Phi) is 15.4. The third-order valence-corrected chi connectivity index (χ3v) is 19.5. The Labute approximate surface area is 448 Å². The lowest BCUT2D eigenvalue weighted by atomic mass is 9.69. The maximum atomic E-state index is 14.7. The van der Waals surface area contributed by atoms with E-state index in [-0.39, 0.29) is 48.3 Å². The Bertz CT molecular complexity index is 3000. The molecule has 6 aliphatic rings. The van der Waals surface area contributed by atoms with Gasteiger partial charge in [-0.15, -0.1) is 11.3 Å². The van der Waals surface area contributed by atoms with Gasteiger partial charge in [0.2, 0.25) is 11.8 Å². The van der Waals surface area contributed by atoms with Crippen LogP contribution in [0, 0.1) is 24.7 Å². The molecule has 0 unspecified atom stereocenters. The number of fused-ring (bicyclic) bond motifs is 7. The number of rotatable bonds is 13. The van der Waals surface area contributed by atoms with E-state index in [4.69, 9.17) is 27.4 Å². The molecule has 5 fully saturated rings. The molecule has 3 aliphatic carbocycles. The van der Waals surface area contributed by atoms with Gasteiger partial charge in [-0.1, -0.05) is 92.6 Å². The number of β-amino-alcohol motifs (C(OH)–C–C–N with tert-alkyl or cyclic N) is 1. The maximum absolute atomic E-state index is 14.7. The summed E-state index contributed by atoms with van der Waals surface area (Å²) in [4.78, 5) is 61.7. The first-order valence-electron chi connectivity index (χ1n) is 27.8.